The van der Waals surface area contributed by atoms with Crippen molar-refractivity contribution in [3.8, 4) is 0 Å². The number of nitrogens with one attached hydrogen (secondary N) is 1. The average Bonchev–Trinajstić information content (AvgIpc) is 2.88. The number of hydrogen-bond acceptors (Lipinski definition) is 8. The van der Waals surface area contributed by atoms with E-state index >= 15 is 0 Å². The number of carbonyl (C=O) groups is 4. The van der Waals surface area contributed by atoms with Crippen molar-refractivity contribution in [2.24, 2.45) is 5.92 Å². The first-order valence-corrected chi connectivity index (χ1v) is 13.1. The fraction of sp³-hybridized carbons (Fsp3) is 0.630. The van der Waals surface area contributed by atoms with Crippen molar-refractivity contribution in [1.29, 1.82) is 0 Å². The third-order valence-corrected chi connectivity index (χ3v) is 6.83. The van der Waals surface area contributed by atoms with Gasteiger partial charge >= 0.3 is 18.0 Å². The normalized spacial score (nSPS) is 20.6. The van der Waals surface area contributed by atoms with Crippen LogP contribution in [0.15, 0.2) is 30.3 Å². The van der Waals surface area contributed by atoms with Gasteiger partial charge in [0.05, 0.1) is 25.6 Å². The lowest BCUT2D eigenvalue weighted by Gasteiger charge is -2.48. The Balaban J connectivity index is 1.67. The van der Waals surface area contributed by atoms with E-state index in [1.807, 2.05) is 30.3 Å². The molecule has 2 saturated heterocycles. The van der Waals surface area contributed by atoms with Crippen LogP contribution in [0.3, 0.4) is 0 Å². The third-order valence-electron chi connectivity index (χ3n) is 6.83. The summed E-state index contributed by atoms with van der Waals surface area (Å²) in [6.07, 6.45) is 0.347. The SMILES string of the molecule is CCOC(=O)CCN1CCN[C@@](CC(=O)OC(C)C)(C2CCN(C(=O)OCc3ccccc3)CC2)C1=O. The minimum atomic E-state index is -1.15. The summed E-state index contributed by atoms with van der Waals surface area (Å²) in [5.41, 5.74) is -0.243. The minimum absolute atomic E-state index is 0.0950. The van der Waals surface area contributed by atoms with Crippen molar-refractivity contribution in [3.63, 3.8) is 0 Å². The van der Waals surface area contributed by atoms with Crippen LogP contribution < -0.4 is 5.32 Å². The zero-order chi connectivity index (χ0) is 26.8. The number of likely N-dealkylation sites (tertiary alicyclic amines) is 1. The van der Waals surface area contributed by atoms with Crippen molar-refractivity contribution in [2.75, 3.05) is 39.3 Å². The summed E-state index contributed by atoms with van der Waals surface area (Å²) in [6.45, 7) is 7.73. The van der Waals surface area contributed by atoms with Crippen LogP contribution in [0.1, 0.15) is 52.0 Å². The zero-order valence-corrected chi connectivity index (χ0v) is 22.1. The molecule has 1 atom stereocenters. The van der Waals surface area contributed by atoms with Crippen LogP contribution in [0.2, 0.25) is 0 Å². The summed E-state index contributed by atoms with van der Waals surface area (Å²) in [5, 5.41) is 3.35. The Labute approximate surface area is 218 Å². The van der Waals surface area contributed by atoms with Gasteiger partial charge in [-0.25, -0.2) is 4.79 Å². The van der Waals surface area contributed by atoms with Gasteiger partial charge in [0.15, 0.2) is 0 Å². The lowest BCUT2D eigenvalue weighted by molar-refractivity contribution is -0.159. The summed E-state index contributed by atoms with van der Waals surface area (Å²) in [6, 6.07) is 9.48. The predicted molar refractivity (Wildman–Crippen MR) is 135 cm³/mol. The second-order valence-electron chi connectivity index (χ2n) is 9.76. The Morgan fingerprint density at radius 2 is 1.76 bits per heavy atom. The van der Waals surface area contributed by atoms with E-state index in [-0.39, 0.29) is 56.5 Å². The van der Waals surface area contributed by atoms with Gasteiger partial charge in [0.2, 0.25) is 5.91 Å². The topological polar surface area (TPSA) is 114 Å². The standard InChI is InChI=1S/C27H39N3O7/c1-4-35-23(31)12-16-29-17-13-28-27(25(29)33,18-24(32)37-20(2)3)22-10-14-30(15-11-22)26(34)36-19-21-8-6-5-7-9-21/h5-9,20,22,28H,4,10-19H2,1-3H3/t27-/m0/s1. The highest BCUT2D eigenvalue weighted by atomic mass is 16.6. The van der Waals surface area contributed by atoms with Gasteiger partial charge in [0.25, 0.3) is 0 Å². The molecule has 37 heavy (non-hydrogen) atoms. The molecule has 2 aliphatic rings. The monoisotopic (exact) mass is 517 g/mol. The molecule has 0 saturated carbocycles. The largest absolute Gasteiger partial charge is 0.466 e. The van der Waals surface area contributed by atoms with Gasteiger partial charge in [-0.05, 0) is 45.1 Å². The molecule has 0 spiro atoms. The number of piperazine rings is 1. The summed E-state index contributed by atoms with van der Waals surface area (Å²) < 4.78 is 15.9. The highest BCUT2D eigenvalue weighted by Crippen LogP contribution is 2.35. The molecule has 0 bridgehead atoms. The molecule has 1 N–H and O–H groups in total. The third kappa shape index (κ3) is 7.67. The fourth-order valence-electron chi connectivity index (χ4n) is 5.05. The van der Waals surface area contributed by atoms with Crippen molar-refractivity contribution in [3.05, 3.63) is 35.9 Å². The molecular formula is C27H39N3O7. The van der Waals surface area contributed by atoms with Crippen LogP contribution in [-0.4, -0.2) is 84.7 Å². The number of benzene rings is 1. The second-order valence-corrected chi connectivity index (χ2v) is 9.76. The molecule has 3 rings (SSSR count). The van der Waals surface area contributed by atoms with E-state index in [0.29, 0.717) is 39.0 Å². The van der Waals surface area contributed by atoms with Crippen LogP contribution in [-0.2, 0) is 35.2 Å². The smallest absolute Gasteiger partial charge is 0.410 e. The predicted octanol–water partition coefficient (Wildman–Crippen LogP) is 2.50. The average molecular weight is 518 g/mol. The van der Waals surface area contributed by atoms with Crippen molar-refractivity contribution < 1.29 is 33.4 Å². The molecule has 10 heteroatoms. The van der Waals surface area contributed by atoms with E-state index in [2.05, 4.69) is 5.32 Å². The number of rotatable bonds is 10. The van der Waals surface area contributed by atoms with E-state index in [9.17, 15) is 19.2 Å². The Kier molecular flexibility index (Phi) is 10.3. The molecule has 0 radical (unpaired) electrons. The molecule has 2 fully saturated rings. The lowest BCUT2D eigenvalue weighted by Crippen LogP contribution is -2.69. The minimum Gasteiger partial charge on any atom is -0.466 e. The van der Waals surface area contributed by atoms with Gasteiger partial charge in [-0.15, -0.1) is 0 Å². The van der Waals surface area contributed by atoms with Crippen LogP contribution in [0.4, 0.5) is 4.79 Å². The van der Waals surface area contributed by atoms with Gasteiger partial charge in [0.1, 0.15) is 12.1 Å². The molecule has 2 aliphatic heterocycles. The summed E-state index contributed by atoms with van der Waals surface area (Å²) in [7, 11) is 0. The molecule has 0 unspecified atom stereocenters. The lowest BCUT2D eigenvalue weighted by atomic mass is 9.73. The van der Waals surface area contributed by atoms with Gasteiger partial charge in [-0.1, -0.05) is 30.3 Å². The van der Waals surface area contributed by atoms with Gasteiger partial charge < -0.3 is 29.3 Å². The number of ether oxygens (including phenoxy) is 3. The quantitative estimate of drug-likeness (QED) is 0.372. The molecular weight excluding hydrogens is 478 g/mol. The first kappa shape index (κ1) is 28.4. The van der Waals surface area contributed by atoms with E-state index in [0.717, 1.165) is 5.56 Å². The number of hydrogen-bond donors (Lipinski definition) is 1. The molecule has 0 aliphatic carbocycles. The Bertz CT molecular complexity index is 931. The van der Waals surface area contributed by atoms with Crippen molar-refractivity contribution >= 4 is 23.9 Å². The van der Waals surface area contributed by atoms with Gasteiger partial charge in [-0.3, -0.25) is 14.4 Å². The zero-order valence-electron chi connectivity index (χ0n) is 22.1. The van der Waals surface area contributed by atoms with Crippen LogP contribution >= 0.6 is 0 Å². The summed E-state index contributed by atoms with van der Waals surface area (Å²) in [5.74, 6) is -1.22. The number of amides is 2. The van der Waals surface area contributed by atoms with Crippen molar-refractivity contribution in [2.45, 2.75) is 64.7 Å². The highest BCUT2D eigenvalue weighted by molar-refractivity contribution is 5.92. The molecule has 1 aromatic carbocycles. The number of piperidine rings is 1. The summed E-state index contributed by atoms with van der Waals surface area (Å²) in [4.78, 5) is 54.4. The molecule has 2 amide bonds. The van der Waals surface area contributed by atoms with Crippen molar-refractivity contribution in [1.82, 2.24) is 15.1 Å². The second kappa shape index (κ2) is 13.4. The maximum atomic E-state index is 13.8. The Morgan fingerprint density at radius 1 is 1.05 bits per heavy atom. The Morgan fingerprint density at radius 3 is 2.41 bits per heavy atom. The number of nitrogens with zero attached hydrogens (tertiary/aromatic N) is 2. The maximum absolute atomic E-state index is 13.8. The Hall–Kier alpha value is -3.14. The summed E-state index contributed by atoms with van der Waals surface area (Å²) >= 11 is 0. The molecule has 10 nitrogen and oxygen atoms in total. The molecule has 1 aromatic rings. The van der Waals surface area contributed by atoms with Gasteiger partial charge in [-0.2, -0.15) is 0 Å². The van der Waals surface area contributed by atoms with E-state index in [1.54, 1.807) is 30.6 Å². The molecule has 2 heterocycles. The number of esters is 2. The van der Waals surface area contributed by atoms with E-state index in [1.165, 1.54) is 0 Å². The molecule has 204 valence electrons. The van der Waals surface area contributed by atoms with Crippen LogP contribution in [0.25, 0.3) is 0 Å². The van der Waals surface area contributed by atoms with E-state index in [4.69, 9.17) is 14.2 Å². The first-order valence-electron chi connectivity index (χ1n) is 13.1. The highest BCUT2D eigenvalue weighted by Gasteiger charge is 2.52. The fourth-order valence-corrected chi connectivity index (χ4v) is 5.05. The van der Waals surface area contributed by atoms with Crippen LogP contribution in [0, 0.1) is 5.92 Å². The van der Waals surface area contributed by atoms with E-state index < -0.39 is 17.6 Å². The van der Waals surface area contributed by atoms with Crippen LogP contribution in [0.5, 0.6) is 0 Å². The number of carbonyl (C=O) groups excluding carboxylic acids is 4. The first-order chi connectivity index (χ1) is 17.7. The van der Waals surface area contributed by atoms with Gasteiger partial charge in [0, 0.05) is 32.7 Å². The maximum Gasteiger partial charge on any atom is 0.410 e. The molecule has 0 aromatic heterocycles.